The molecule has 0 unspecified atom stereocenters. The van der Waals surface area contributed by atoms with Gasteiger partial charge in [0.15, 0.2) is 5.82 Å². The third-order valence-corrected chi connectivity index (χ3v) is 3.46. The number of amides is 1. The van der Waals surface area contributed by atoms with Gasteiger partial charge in [-0.3, -0.25) is 9.89 Å². The molecule has 0 saturated heterocycles. The zero-order chi connectivity index (χ0) is 21.6. The number of aromatic nitrogens is 3. The number of ether oxygens (including phenoxy) is 2. The molecular formula is C17H18F3N5O4. The van der Waals surface area contributed by atoms with Gasteiger partial charge in [0.1, 0.15) is 11.6 Å². The zero-order valence-electron chi connectivity index (χ0n) is 15.5. The van der Waals surface area contributed by atoms with E-state index >= 15 is 0 Å². The monoisotopic (exact) mass is 413 g/mol. The number of carbonyl (C=O) groups excluding carboxylic acids is 2. The van der Waals surface area contributed by atoms with E-state index in [1.165, 1.54) is 6.07 Å². The van der Waals surface area contributed by atoms with Gasteiger partial charge < -0.3 is 9.47 Å². The second-order valence-corrected chi connectivity index (χ2v) is 6.41. The highest BCUT2D eigenvalue weighted by molar-refractivity contribution is 5.76. The first-order chi connectivity index (χ1) is 13.6. The summed E-state index contributed by atoms with van der Waals surface area (Å²) in [5.41, 5.74) is 5.49. The Morgan fingerprint density at radius 2 is 2.00 bits per heavy atom. The summed E-state index contributed by atoms with van der Waals surface area (Å²) in [5.74, 6) is -0.869. The van der Waals surface area contributed by atoms with Gasteiger partial charge in [-0.05, 0) is 24.1 Å². The minimum atomic E-state index is -4.70. The van der Waals surface area contributed by atoms with Crippen LogP contribution in [0, 0.1) is 11.4 Å². The van der Waals surface area contributed by atoms with Crippen LogP contribution in [0.15, 0.2) is 23.3 Å². The second-order valence-electron chi connectivity index (χ2n) is 6.41. The van der Waals surface area contributed by atoms with Gasteiger partial charge in [-0.15, -0.1) is 5.11 Å². The number of carbonyl (C=O) groups is 2. The number of rotatable bonds is 7. The fourth-order valence-corrected chi connectivity index (χ4v) is 2.13. The van der Waals surface area contributed by atoms with Gasteiger partial charge in [0.2, 0.25) is 0 Å². The summed E-state index contributed by atoms with van der Waals surface area (Å²) in [5, 5.41) is 9.07. The number of hydrogen-bond donors (Lipinski definition) is 2. The first-order valence-corrected chi connectivity index (χ1v) is 8.47. The summed E-state index contributed by atoms with van der Waals surface area (Å²) in [4.78, 5) is 26.8. The Labute approximate surface area is 163 Å². The number of benzene rings is 1. The Bertz CT molecular complexity index is 895. The molecule has 2 N–H and O–H groups in total. The number of aryl methyl sites for hydroxylation is 1. The maximum Gasteiger partial charge on any atom is 0.513 e. The SMILES string of the molecule is CC(C)COC(=O)Oc1cc(-c2n[nH]c(CCC(=O)N=N)n2)cc(C(F)(F)F)c1. The highest BCUT2D eigenvalue weighted by atomic mass is 19.4. The molecule has 0 spiro atoms. The van der Waals surface area contributed by atoms with E-state index in [0.29, 0.717) is 6.07 Å². The zero-order valence-corrected chi connectivity index (χ0v) is 15.5. The topological polar surface area (TPSA) is 130 Å². The average molecular weight is 413 g/mol. The van der Waals surface area contributed by atoms with Gasteiger partial charge in [0, 0.05) is 18.4 Å². The Balaban J connectivity index is 2.27. The predicted octanol–water partition coefficient (Wildman–Crippen LogP) is 4.15. The molecule has 1 aromatic carbocycles. The van der Waals surface area contributed by atoms with Gasteiger partial charge in [-0.2, -0.15) is 18.3 Å². The van der Waals surface area contributed by atoms with Crippen molar-refractivity contribution < 1.29 is 32.2 Å². The fourth-order valence-electron chi connectivity index (χ4n) is 2.13. The van der Waals surface area contributed by atoms with E-state index < -0.39 is 23.8 Å². The molecule has 1 amide bonds. The molecule has 9 nitrogen and oxygen atoms in total. The van der Waals surface area contributed by atoms with Gasteiger partial charge in [-0.25, -0.2) is 15.3 Å². The second kappa shape index (κ2) is 9.26. The lowest BCUT2D eigenvalue weighted by molar-refractivity contribution is -0.137. The molecule has 2 aromatic rings. The van der Waals surface area contributed by atoms with Gasteiger partial charge in [0.25, 0.3) is 5.91 Å². The maximum absolute atomic E-state index is 13.2. The Morgan fingerprint density at radius 1 is 1.28 bits per heavy atom. The van der Waals surface area contributed by atoms with Crippen LogP contribution in [0.1, 0.15) is 31.7 Å². The molecule has 0 fully saturated rings. The highest BCUT2D eigenvalue weighted by Gasteiger charge is 2.32. The number of nitrogens with zero attached hydrogens (tertiary/aromatic N) is 3. The number of nitrogens with one attached hydrogen (secondary N) is 2. The molecule has 1 aromatic heterocycles. The smallest absolute Gasteiger partial charge is 0.434 e. The summed E-state index contributed by atoms with van der Waals surface area (Å²) < 4.78 is 49.3. The summed E-state index contributed by atoms with van der Waals surface area (Å²) in [6.45, 7) is 3.64. The van der Waals surface area contributed by atoms with E-state index in [9.17, 15) is 22.8 Å². The molecule has 156 valence electrons. The van der Waals surface area contributed by atoms with Crippen molar-refractivity contribution in [2.45, 2.75) is 32.9 Å². The Hall–Kier alpha value is -3.31. The molecule has 0 bridgehead atoms. The quantitative estimate of drug-likeness (QED) is 0.398. The molecule has 12 heteroatoms. The third kappa shape index (κ3) is 6.66. The Morgan fingerprint density at radius 3 is 2.62 bits per heavy atom. The van der Waals surface area contributed by atoms with Crippen molar-refractivity contribution in [3.8, 4) is 17.1 Å². The molecule has 0 aliphatic heterocycles. The van der Waals surface area contributed by atoms with Crippen molar-refractivity contribution in [3.05, 3.63) is 29.6 Å². The van der Waals surface area contributed by atoms with E-state index in [4.69, 9.17) is 15.0 Å². The first kappa shape index (κ1) is 22.0. The van der Waals surface area contributed by atoms with Crippen LogP contribution in [-0.4, -0.2) is 33.9 Å². The highest BCUT2D eigenvalue weighted by Crippen LogP contribution is 2.35. The standard InChI is InChI=1S/C17H18F3N5O4/c1-9(2)8-28-16(27)29-12-6-10(5-11(7-12)17(18,19)20)15-22-13(24-25-15)3-4-14(26)23-21/h5-7,9,21H,3-4,8H2,1-2H3,(H,22,24,25). The van der Waals surface area contributed by atoms with Crippen molar-refractivity contribution in [1.82, 2.24) is 15.2 Å². The molecule has 0 saturated carbocycles. The number of alkyl halides is 3. The van der Waals surface area contributed by atoms with E-state index in [1.54, 1.807) is 13.8 Å². The van der Waals surface area contributed by atoms with Gasteiger partial charge in [0.05, 0.1) is 12.2 Å². The van der Waals surface area contributed by atoms with Crippen molar-refractivity contribution in [2.24, 2.45) is 11.0 Å². The average Bonchev–Trinajstić information content (AvgIpc) is 3.12. The van der Waals surface area contributed by atoms with E-state index in [0.717, 1.165) is 6.07 Å². The van der Waals surface area contributed by atoms with Crippen LogP contribution in [0.4, 0.5) is 18.0 Å². The van der Waals surface area contributed by atoms with E-state index in [2.05, 4.69) is 20.3 Å². The lowest BCUT2D eigenvalue weighted by Crippen LogP contribution is -2.15. The predicted molar refractivity (Wildman–Crippen MR) is 92.1 cm³/mol. The minimum Gasteiger partial charge on any atom is -0.434 e. The van der Waals surface area contributed by atoms with Crippen molar-refractivity contribution in [3.63, 3.8) is 0 Å². The molecule has 29 heavy (non-hydrogen) atoms. The normalized spacial score (nSPS) is 11.4. The minimum absolute atomic E-state index is 0.0287. The number of hydrogen-bond acceptors (Lipinski definition) is 7. The third-order valence-electron chi connectivity index (χ3n) is 3.46. The van der Waals surface area contributed by atoms with Gasteiger partial charge >= 0.3 is 12.3 Å². The number of H-pyrrole nitrogens is 1. The first-order valence-electron chi connectivity index (χ1n) is 8.47. The molecule has 0 atom stereocenters. The van der Waals surface area contributed by atoms with Crippen LogP contribution in [-0.2, 0) is 22.1 Å². The van der Waals surface area contributed by atoms with Crippen molar-refractivity contribution in [2.75, 3.05) is 6.61 Å². The summed E-state index contributed by atoms with van der Waals surface area (Å²) in [7, 11) is 0. The molecule has 0 aliphatic carbocycles. The molecule has 1 heterocycles. The van der Waals surface area contributed by atoms with Crippen molar-refractivity contribution >= 4 is 12.1 Å². The van der Waals surface area contributed by atoms with Crippen LogP contribution in [0.2, 0.25) is 0 Å². The van der Waals surface area contributed by atoms with Crippen LogP contribution >= 0.6 is 0 Å². The molecule has 0 radical (unpaired) electrons. The fraction of sp³-hybridized carbons (Fsp3) is 0.412. The van der Waals surface area contributed by atoms with Crippen LogP contribution in [0.3, 0.4) is 0 Å². The lowest BCUT2D eigenvalue weighted by Gasteiger charge is -2.12. The Kier molecular flexibility index (Phi) is 7.02. The number of aromatic amines is 1. The maximum atomic E-state index is 13.2. The van der Waals surface area contributed by atoms with Crippen LogP contribution in [0.25, 0.3) is 11.4 Å². The summed E-state index contributed by atoms with van der Waals surface area (Å²) in [6, 6.07) is 2.65. The molecule has 0 aliphatic rings. The number of halogens is 3. The summed E-state index contributed by atoms with van der Waals surface area (Å²) in [6.07, 6.45) is -5.84. The van der Waals surface area contributed by atoms with Gasteiger partial charge in [-0.1, -0.05) is 13.8 Å². The largest absolute Gasteiger partial charge is 0.513 e. The van der Waals surface area contributed by atoms with E-state index in [-0.39, 0.29) is 48.3 Å². The van der Waals surface area contributed by atoms with Crippen LogP contribution < -0.4 is 4.74 Å². The summed E-state index contributed by atoms with van der Waals surface area (Å²) >= 11 is 0. The molecular weight excluding hydrogens is 395 g/mol. The molecule has 2 rings (SSSR count). The van der Waals surface area contributed by atoms with Crippen LogP contribution in [0.5, 0.6) is 5.75 Å². The van der Waals surface area contributed by atoms with E-state index in [1.807, 2.05) is 0 Å². The lowest BCUT2D eigenvalue weighted by atomic mass is 10.1. The van der Waals surface area contributed by atoms with Crippen molar-refractivity contribution in [1.29, 1.82) is 5.53 Å².